The molecular weight excluding hydrogens is 184 g/mol. The van der Waals surface area contributed by atoms with E-state index >= 15 is 0 Å². The van der Waals surface area contributed by atoms with E-state index in [4.69, 9.17) is 5.11 Å². The van der Waals surface area contributed by atoms with Crippen molar-refractivity contribution in [3.63, 3.8) is 0 Å². The van der Waals surface area contributed by atoms with Crippen LogP contribution in [-0.4, -0.2) is 33.5 Å². The van der Waals surface area contributed by atoms with Crippen molar-refractivity contribution in [3.05, 3.63) is 12.2 Å². The molecule has 0 bridgehead atoms. The Morgan fingerprint density at radius 3 is 2.00 bits per heavy atom. The minimum atomic E-state index is -1.07. The predicted molar refractivity (Wildman–Crippen MR) is 52.8 cm³/mol. The van der Waals surface area contributed by atoms with Gasteiger partial charge < -0.3 is 15.3 Å². The van der Waals surface area contributed by atoms with Crippen LogP contribution in [-0.2, 0) is 4.79 Å². The van der Waals surface area contributed by atoms with Crippen LogP contribution in [0.1, 0.15) is 20.8 Å². The van der Waals surface area contributed by atoms with E-state index in [1.165, 1.54) is 6.92 Å². The van der Waals surface area contributed by atoms with Crippen molar-refractivity contribution < 1.29 is 20.1 Å². The summed E-state index contributed by atoms with van der Waals surface area (Å²) in [6.45, 7) is 8.20. The standard InChI is InChI=1S/C10H18O4/c1-5(2)8(11)6(3)9(12)7(4)10(13)14/h6-9,11-12H,1H2,2-4H3,(H,13,14)/t6?,7?,8-,9?/m0/s1. The van der Waals surface area contributed by atoms with Crippen molar-refractivity contribution in [2.45, 2.75) is 33.0 Å². The minimum Gasteiger partial charge on any atom is -0.481 e. The molecule has 0 amide bonds. The molecule has 0 radical (unpaired) electrons. The van der Waals surface area contributed by atoms with Gasteiger partial charge in [-0.25, -0.2) is 0 Å². The molecule has 82 valence electrons. The van der Waals surface area contributed by atoms with Crippen molar-refractivity contribution in [2.75, 3.05) is 0 Å². The Morgan fingerprint density at radius 2 is 1.71 bits per heavy atom. The molecule has 3 N–H and O–H groups in total. The molecular formula is C10H18O4. The van der Waals surface area contributed by atoms with Gasteiger partial charge in [0.2, 0.25) is 0 Å². The van der Waals surface area contributed by atoms with Gasteiger partial charge in [0.15, 0.2) is 0 Å². The second-order valence-corrected chi connectivity index (χ2v) is 3.77. The zero-order chi connectivity index (χ0) is 11.5. The summed E-state index contributed by atoms with van der Waals surface area (Å²) in [7, 11) is 0. The Kier molecular flexibility index (Phi) is 4.80. The quantitative estimate of drug-likeness (QED) is 0.572. The van der Waals surface area contributed by atoms with Crippen LogP contribution in [0.25, 0.3) is 0 Å². The maximum absolute atomic E-state index is 10.6. The highest BCUT2D eigenvalue weighted by Gasteiger charge is 2.30. The fraction of sp³-hybridized carbons (Fsp3) is 0.700. The lowest BCUT2D eigenvalue weighted by molar-refractivity contribution is -0.146. The molecule has 0 aromatic carbocycles. The molecule has 0 rings (SSSR count). The molecule has 4 atom stereocenters. The van der Waals surface area contributed by atoms with Crippen LogP contribution in [0.5, 0.6) is 0 Å². The number of aliphatic hydroxyl groups is 2. The summed E-state index contributed by atoms with van der Waals surface area (Å²) in [6, 6.07) is 0. The third kappa shape index (κ3) is 3.12. The highest BCUT2D eigenvalue weighted by Crippen LogP contribution is 2.20. The highest BCUT2D eigenvalue weighted by atomic mass is 16.4. The topological polar surface area (TPSA) is 77.8 Å². The number of carboxylic acids is 1. The third-order valence-electron chi connectivity index (χ3n) is 2.44. The lowest BCUT2D eigenvalue weighted by Gasteiger charge is -2.26. The van der Waals surface area contributed by atoms with Gasteiger partial charge in [0.1, 0.15) is 0 Å². The first-order valence-electron chi connectivity index (χ1n) is 4.53. The Balaban J connectivity index is 4.45. The summed E-state index contributed by atoms with van der Waals surface area (Å²) in [5, 5.41) is 27.8. The van der Waals surface area contributed by atoms with E-state index in [1.807, 2.05) is 0 Å². The summed E-state index contributed by atoms with van der Waals surface area (Å²) >= 11 is 0. The average molecular weight is 202 g/mol. The van der Waals surface area contributed by atoms with Crippen molar-refractivity contribution in [3.8, 4) is 0 Å². The van der Waals surface area contributed by atoms with Crippen LogP contribution in [0, 0.1) is 11.8 Å². The second kappa shape index (κ2) is 5.12. The second-order valence-electron chi connectivity index (χ2n) is 3.77. The molecule has 4 nitrogen and oxygen atoms in total. The van der Waals surface area contributed by atoms with Gasteiger partial charge in [0, 0.05) is 5.92 Å². The van der Waals surface area contributed by atoms with E-state index in [0.29, 0.717) is 5.57 Å². The van der Waals surface area contributed by atoms with Gasteiger partial charge in [-0.15, -0.1) is 0 Å². The molecule has 0 spiro atoms. The molecule has 0 aliphatic rings. The maximum Gasteiger partial charge on any atom is 0.308 e. The number of hydrogen-bond acceptors (Lipinski definition) is 3. The van der Waals surface area contributed by atoms with Crippen LogP contribution < -0.4 is 0 Å². The molecule has 0 aromatic heterocycles. The van der Waals surface area contributed by atoms with Crippen molar-refractivity contribution in [1.82, 2.24) is 0 Å². The number of carboxylic acid groups (broad SMARTS) is 1. The fourth-order valence-corrected chi connectivity index (χ4v) is 1.24. The molecule has 0 aliphatic carbocycles. The van der Waals surface area contributed by atoms with Crippen LogP contribution >= 0.6 is 0 Å². The molecule has 0 fully saturated rings. The van der Waals surface area contributed by atoms with Gasteiger partial charge in [0.25, 0.3) is 0 Å². The zero-order valence-corrected chi connectivity index (χ0v) is 8.77. The normalized spacial score (nSPS) is 19.5. The summed E-state index contributed by atoms with van der Waals surface area (Å²) in [4.78, 5) is 10.6. The largest absolute Gasteiger partial charge is 0.481 e. The number of carbonyl (C=O) groups is 1. The maximum atomic E-state index is 10.6. The highest BCUT2D eigenvalue weighted by molar-refractivity contribution is 5.70. The van der Waals surface area contributed by atoms with Crippen molar-refractivity contribution in [1.29, 1.82) is 0 Å². The van der Waals surface area contributed by atoms with E-state index in [2.05, 4.69) is 6.58 Å². The lowest BCUT2D eigenvalue weighted by Crippen LogP contribution is -2.37. The zero-order valence-electron chi connectivity index (χ0n) is 8.77. The molecule has 14 heavy (non-hydrogen) atoms. The van der Waals surface area contributed by atoms with Gasteiger partial charge in [-0.05, 0) is 13.8 Å². The van der Waals surface area contributed by atoms with Crippen molar-refractivity contribution in [2.24, 2.45) is 11.8 Å². The summed E-state index contributed by atoms with van der Waals surface area (Å²) in [5.41, 5.74) is 0.522. The molecule has 0 saturated carbocycles. The first-order valence-corrected chi connectivity index (χ1v) is 4.53. The van der Waals surface area contributed by atoms with E-state index in [9.17, 15) is 15.0 Å². The molecule has 0 saturated heterocycles. The molecule has 4 heteroatoms. The van der Waals surface area contributed by atoms with Gasteiger partial charge in [-0.2, -0.15) is 0 Å². The fourth-order valence-electron chi connectivity index (χ4n) is 1.24. The number of hydrogen-bond donors (Lipinski definition) is 3. The van der Waals surface area contributed by atoms with E-state index in [0.717, 1.165) is 0 Å². The first kappa shape index (κ1) is 13.1. The van der Waals surface area contributed by atoms with Gasteiger partial charge in [0.05, 0.1) is 18.1 Å². The molecule has 0 heterocycles. The van der Waals surface area contributed by atoms with Gasteiger partial charge in [-0.3, -0.25) is 4.79 Å². The number of aliphatic carboxylic acids is 1. The Bertz CT molecular complexity index is 200. The minimum absolute atomic E-state index is 0.522. The molecule has 0 aromatic rings. The predicted octanol–water partition coefficient (Wildman–Crippen LogP) is 0.641. The Labute approximate surface area is 83.9 Å². The van der Waals surface area contributed by atoms with E-state index in [-0.39, 0.29) is 0 Å². The van der Waals surface area contributed by atoms with Gasteiger partial charge >= 0.3 is 5.97 Å². The summed E-state index contributed by atoms with van der Waals surface area (Å²) in [6.07, 6.45) is -1.94. The van der Waals surface area contributed by atoms with Crippen LogP contribution in [0.2, 0.25) is 0 Å². The van der Waals surface area contributed by atoms with Crippen molar-refractivity contribution >= 4 is 5.97 Å². The summed E-state index contributed by atoms with van der Waals surface area (Å²) < 4.78 is 0. The SMILES string of the molecule is C=C(C)[C@H](O)C(C)C(O)C(C)C(=O)O. The molecule has 3 unspecified atom stereocenters. The lowest BCUT2D eigenvalue weighted by atomic mass is 9.87. The Hall–Kier alpha value is -0.870. The Morgan fingerprint density at radius 1 is 1.29 bits per heavy atom. The van der Waals surface area contributed by atoms with E-state index < -0.39 is 30.0 Å². The van der Waals surface area contributed by atoms with Gasteiger partial charge in [-0.1, -0.05) is 19.1 Å². The number of aliphatic hydroxyl groups excluding tert-OH is 2. The van der Waals surface area contributed by atoms with Crippen LogP contribution in [0.3, 0.4) is 0 Å². The first-order chi connectivity index (χ1) is 6.29. The third-order valence-corrected chi connectivity index (χ3v) is 2.44. The van der Waals surface area contributed by atoms with E-state index in [1.54, 1.807) is 13.8 Å². The smallest absolute Gasteiger partial charge is 0.308 e. The van der Waals surface area contributed by atoms with Crippen LogP contribution in [0.4, 0.5) is 0 Å². The molecule has 0 aliphatic heterocycles. The van der Waals surface area contributed by atoms with Crippen LogP contribution in [0.15, 0.2) is 12.2 Å². The average Bonchev–Trinajstić information content (AvgIpc) is 2.12. The monoisotopic (exact) mass is 202 g/mol. The number of rotatable bonds is 5. The summed E-state index contributed by atoms with van der Waals surface area (Å²) in [5.74, 6) is -2.49.